The standard InChI is InChI=1S/C15H22N4O4S2/c1-11-5-7-14(8-6-11)19(24(4,20)21)10-9-16-25(22,23)15-12(2)17-18-13(15)3/h5-8,16H,9-10H2,1-4H3,(H,17,18). The first-order valence-electron chi connectivity index (χ1n) is 7.58. The molecule has 10 heteroatoms. The Kier molecular flexibility index (Phi) is 5.55. The number of aryl methyl sites for hydroxylation is 3. The highest BCUT2D eigenvalue weighted by Gasteiger charge is 2.23. The molecule has 0 fully saturated rings. The number of rotatable bonds is 7. The first kappa shape index (κ1) is 19.4. The highest BCUT2D eigenvalue weighted by Crippen LogP contribution is 2.19. The van der Waals surface area contributed by atoms with Crippen molar-refractivity contribution in [3.8, 4) is 0 Å². The molecule has 8 nitrogen and oxygen atoms in total. The minimum Gasteiger partial charge on any atom is -0.281 e. The third kappa shape index (κ3) is 4.59. The summed E-state index contributed by atoms with van der Waals surface area (Å²) in [4.78, 5) is 0.0914. The number of H-pyrrole nitrogens is 1. The lowest BCUT2D eigenvalue weighted by molar-refractivity contribution is 0.577. The number of sulfonamides is 2. The summed E-state index contributed by atoms with van der Waals surface area (Å²) in [6.45, 7) is 5.03. The van der Waals surface area contributed by atoms with E-state index >= 15 is 0 Å². The molecule has 1 heterocycles. The monoisotopic (exact) mass is 386 g/mol. The highest BCUT2D eigenvalue weighted by molar-refractivity contribution is 7.92. The molecule has 0 saturated carbocycles. The van der Waals surface area contributed by atoms with E-state index in [1.54, 1.807) is 38.1 Å². The smallest absolute Gasteiger partial charge is 0.244 e. The van der Waals surface area contributed by atoms with Crippen molar-refractivity contribution in [1.82, 2.24) is 14.9 Å². The lowest BCUT2D eigenvalue weighted by atomic mass is 10.2. The largest absolute Gasteiger partial charge is 0.281 e. The van der Waals surface area contributed by atoms with Gasteiger partial charge >= 0.3 is 0 Å². The first-order valence-corrected chi connectivity index (χ1v) is 10.9. The number of hydrogen-bond donors (Lipinski definition) is 2. The van der Waals surface area contributed by atoms with Crippen LogP contribution < -0.4 is 9.03 Å². The van der Waals surface area contributed by atoms with Crippen molar-refractivity contribution in [2.45, 2.75) is 25.7 Å². The van der Waals surface area contributed by atoms with Crippen LogP contribution >= 0.6 is 0 Å². The van der Waals surface area contributed by atoms with E-state index < -0.39 is 20.0 Å². The van der Waals surface area contributed by atoms with Gasteiger partial charge in [0.25, 0.3) is 0 Å². The van der Waals surface area contributed by atoms with Gasteiger partial charge in [-0.3, -0.25) is 9.40 Å². The Bertz CT molecular complexity index is 928. The Hall–Kier alpha value is -1.91. The lowest BCUT2D eigenvalue weighted by Gasteiger charge is -2.22. The zero-order chi connectivity index (χ0) is 18.8. The zero-order valence-corrected chi connectivity index (χ0v) is 16.2. The van der Waals surface area contributed by atoms with Crippen LogP contribution in [0.25, 0.3) is 0 Å². The molecule has 138 valence electrons. The van der Waals surface area contributed by atoms with Crippen LogP contribution in [0.3, 0.4) is 0 Å². The maximum Gasteiger partial charge on any atom is 0.244 e. The van der Waals surface area contributed by atoms with Crippen molar-refractivity contribution in [2.24, 2.45) is 0 Å². The zero-order valence-electron chi connectivity index (χ0n) is 14.6. The van der Waals surface area contributed by atoms with Crippen LogP contribution in [0.5, 0.6) is 0 Å². The molecule has 25 heavy (non-hydrogen) atoms. The van der Waals surface area contributed by atoms with Crippen molar-refractivity contribution < 1.29 is 16.8 Å². The number of anilines is 1. The second-order valence-electron chi connectivity index (χ2n) is 5.83. The number of aromatic nitrogens is 2. The molecule has 0 aliphatic rings. The predicted molar refractivity (Wildman–Crippen MR) is 96.6 cm³/mol. The summed E-state index contributed by atoms with van der Waals surface area (Å²) in [7, 11) is -7.31. The predicted octanol–water partition coefficient (Wildman–Crippen LogP) is 1.08. The summed E-state index contributed by atoms with van der Waals surface area (Å²) in [6, 6.07) is 6.98. The van der Waals surface area contributed by atoms with E-state index in [4.69, 9.17) is 0 Å². The molecule has 2 N–H and O–H groups in total. The Morgan fingerprint density at radius 1 is 1.08 bits per heavy atom. The van der Waals surface area contributed by atoms with Crippen LogP contribution in [0.1, 0.15) is 17.0 Å². The number of hydrogen-bond acceptors (Lipinski definition) is 5. The van der Waals surface area contributed by atoms with E-state index in [-0.39, 0.29) is 18.0 Å². The minimum absolute atomic E-state index is 0.0168. The van der Waals surface area contributed by atoms with Crippen LogP contribution in [-0.2, 0) is 20.0 Å². The van der Waals surface area contributed by atoms with Crippen LogP contribution in [-0.4, -0.2) is 46.4 Å². The van der Waals surface area contributed by atoms with Crippen LogP contribution in [0.4, 0.5) is 5.69 Å². The van der Waals surface area contributed by atoms with E-state index in [0.29, 0.717) is 17.1 Å². The highest BCUT2D eigenvalue weighted by atomic mass is 32.2. The second-order valence-corrected chi connectivity index (χ2v) is 9.44. The van der Waals surface area contributed by atoms with Gasteiger partial charge in [0.15, 0.2) is 0 Å². The van der Waals surface area contributed by atoms with Gasteiger partial charge < -0.3 is 0 Å². The molecule has 0 spiro atoms. The minimum atomic E-state index is -3.77. The molecule has 0 bridgehead atoms. The lowest BCUT2D eigenvalue weighted by Crippen LogP contribution is -2.38. The van der Waals surface area contributed by atoms with Gasteiger partial charge in [0.2, 0.25) is 20.0 Å². The molecule has 2 aromatic rings. The summed E-state index contributed by atoms with van der Waals surface area (Å²) < 4.78 is 52.5. The van der Waals surface area contributed by atoms with Gasteiger partial charge in [0.05, 0.1) is 23.3 Å². The maximum atomic E-state index is 12.4. The molecular formula is C15H22N4O4S2. The first-order chi connectivity index (χ1) is 11.5. The SMILES string of the molecule is Cc1ccc(N(CCNS(=O)(=O)c2c(C)n[nH]c2C)S(C)(=O)=O)cc1. The summed E-state index contributed by atoms with van der Waals surface area (Å²) >= 11 is 0. The van der Waals surface area contributed by atoms with Gasteiger partial charge in [0.1, 0.15) is 4.90 Å². The molecule has 0 amide bonds. The molecule has 1 aromatic heterocycles. The molecule has 1 aromatic carbocycles. The molecule has 0 aliphatic carbocycles. The van der Waals surface area contributed by atoms with Gasteiger partial charge in [-0.15, -0.1) is 0 Å². The average molecular weight is 386 g/mol. The summed E-state index contributed by atoms with van der Waals surface area (Å²) in [5.41, 5.74) is 2.29. The molecule has 0 radical (unpaired) electrons. The van der Waals surface area contributed by atoms with Crippen molar-refractivity contribution >= 4 is 25.7 Å². The maximum absolute atomic E-state index is 12.4. The average Bonchev–Trinajstić information content (AvgIpc) is 2.83. The fourth-order valence-electron chi connectivity index (χ4n) is 2.49. The third-order valence-corrected chi connectivity index (χ3v) is 6.58. The van der Waals surface area contributed by atoms with Crippen molar-refractivity contribution in [3.05, 3.63) is 41.2 Å². The topological polar surface area (TPSA) is 112 Å². The molecular weight excluding hydrogens is 364 g/mol. The third-order valence-electron chi connectivity index (χ3n) is 3.66. The second kappa shape index (κ2) is 7.14. The summed E-state index contributed by atoms with van der Waals surface area (Å²) in [6.07, 6.45) is 1.09. The van der Waals surface area contributed by atoms with Crippen LogP contribution in [0.2, 0.25) is 0 Å². The van der Waals surface area contributed by atoms with E-state index in [0.717, 1.165) is 11.8 Å². The van der Waals surface area contributed by atoms with Gasteiger partial charge in [-0.05, 0) is 32.9 Å². The Morgan fingerprint density at radius 2 is 1.68 bits per heavy atom. The van der Waals surface area contributed by atoms with Crippen LogP contribution in [0, 0.1) is 20.8 Å². The number of aromatic amines is 1. The van der Waals surface area contributed by atoms with Gasteiger partial charge in [-0.1, -0.05) is 17.7 Å². The van der Waals surface area contributed by atoms with Crippen molar-refractivity contribution in [1.29, 1.82) is 0 Å². The number of benzene rings is 1. The molecule has 0 saturated heterocycles. The van der Waals surface area contributed by atoms with Gasteiger partial charge in [0, 0.05) is 13.1 Å². The summed E-state index contributed by atoms with van der Waals surface area (Å²) in [5, 5.41) is 6.49. The Labute approximate surface area is 148 Å². The van der Waals surface area contributed by atoms with E-state index in [9.17, 15) is 16.8 Å². The fraction of sp³-hybridized carbons (Fsp3) is 0.400. The van der Waals surface area contributed by atoms with Crippen molar-refractivity contribution in [3.63, 3.8) is 0 Å². The number of nitrogens with zero attached hydrogens (tertiary/aromatic N) is 2. The van der Waals surface area contributed by atoms with Crippen molar-refractivity contribution in [2.75, 3.05) is 23.7 Å². The number of nitrogens with one attached hydrogen (secondary N) is 2. The van der Waals surface area contributed by atoms with Gasteiger partial charge in [-0.25, -0.2) is 21.6 Å². The van der Waals surface area contributed by atoms with Crippen LogP contribution in [0.15, 0.2) is 29.2 Å². The Morgan fingerprint density at radius 3 is 2.16 bits per heavy atom. The Balaban J connectivity index is 2.16. The quantitative estimate of drug-likeness (QED) is 0.739. The normalized spacial score (nSPS) is 12.3. The van der Waals surface area contributed by atoms with Gasteiger partial charge in [-0.2, -0.15) is 5.10 Å². The van der Waals surface area contributed by atoms with E-state index in [1.807, 2.05) is 6.92 Å². The fourth-order valence-corrected chi connectivity index (χ4v) is 4.80. The molecule has 0 atom stereocenters. The van der Waals surface area contributed by atoms with E-state index in [1.165, 1.54) is 4.31 Å². The van der Waals surface area contributed by atoms with E-state index in [2.05, 4.69) is 14.9 Å². The molecule has 2 rings (SSSR count). The molecule has 0 aliphatic heterocycles. The summed E-state index contributed by atoms with van der Waals surface area (Å²) in [5.74, 6) is 0. The molecule has 0 unspecified atom stereocenters.